The SMILES string of the molecule is O=C(O)C1CCN(C(=O)CC2c3ccccc3-c3cccc4[nH]cc2c34)C2CCCCC12. The molecule has 32 heavy (non-hydrogen) atoms. The van der Waals surface area contributed by atoms with E-state index >= 15 is 0 Å². The number of H-pyrrole nitrogens is 1. The Kier molecular flexibility index (Phi) is 4.60. The molecule has 2 fully saturated rings. The van der Waals surface area contributed by atoms with Gasteiger partial charge in [-0.25, -0.2) is 0 Å². The van der Waals surface area contributed by atoms with Gasteiger partial charge in [-0.05, 0) is 53.5 Å². The van der Waals surface area contributed by atoms with Crippen molar-refractivity contribution in [1.82, 2.24) is 9.88 Å². The molecule has 0 radical (unpaired) electrons. The summed E-state index contributed by atoms with van der Waals surface area (Å²) in [5.74, 6) is -0.726. The summed E-state index contributed by atoms with van der Waals surface area (Å²) in [4.78, 5) is 31.0. The van der Waals surface area contributed by atoms with Crippen molar-refractivity contribution in [2.75, 3.05) is 6.54 Å². The molecule has 3 aliphatic rings. The minimum Gasteiger partial charge on any atom is -0.481 e. The predicted octanol–water partition coefficient (Wildman–Crippen LogP) is 5.16. The Morgan fingerprint density at radius 3 is 2.66 bits per heavy atom. The second-order valence-electron chi connectivity index (χ2n) is 9.65. The summed E-state index contributed by atoms with van der Waals surface area (Å²) in [6.45, 7) is 0.560. The van der Waals surface area contributed by atoms with Crippen molar-refractivity contribution in [2.45, 2.75) is 50.5 Å². The topological polar surface area (TPSA) is 73.4 Å². The van der Waals surface area contributed by atoms with Crippen molar-refractivity contribution in [1.29, 1.82) is 0 Å². The Morgan fingerprint density at radius 2 is 1.78 bits per heavy atom. The van der Waals surface area contributed by atoms with Gasteiger partial charge in [0.25, 0.3) is 0 Å². The normalized spacial score (nSPS) is 26.4. The molecule has 0 bridgehead atoms. The molecule has 2 aliphatic carbocycles. The standard InChI is InChI=1S/C27H28N2O3/c30-25(29-13-12-20(27(31)32)18-8-3-4-11-24(18)29)14-21-17-7-2-1-6-16(17)19-9-5-10-23-26(19)22(21)15-28-23/h1-2,5-7,9-10,15,18,20-21,24,28H,3-4,8,11-14H2,(H,31,32). The number of aromatic amines is 1. The Bertz CT molecular complexity index is 1210. The fourth-order valence-electron chi connectivity index (χ4n) is 6.71. The molecule has 3 aromatic rings. The van der Waals surface area contributed by atoms with E-state index in [2.05, 4.69) is 53.6 Å². The van der Waals surface area contributed by atoms with Crippen LogP contribution in [0.25, 0.3) is 22.0 Å². The van der Waals surface area contributed by atoms with Gasteiger partial charge in [-0.3, -0.25) is 9.59 Å². The summed E-state index contributed by atoms with van der Waals surface area (Å²) < 4.78 is 0. The zero-order chi connectivity index (χ0) is 21.8. The van der Waals surface area contributed by atoms with E-state index in [0.29, 0.717) is 19.4 Å². The van der Waals surface area contributed by atoms with Crippen molar-refractivity contribution in [3.05, 3.63) is 59.8 Å². The maximum absolute atomic E-state index is 13.7. The van der Waals surface area contributed by atoms with Crippen LogP contribution in [0.15, 0.2) is 48.7 Å². The second kappa shape index (κ2) is 7.51. The number of likely N-dealkylation sites (tertiary alicyclic amines) is 1. The van der Waals surface area contributed by atoms with Crippen molar-refractivity contribution in [2.24, 2.45) is 11.8 Å². The quantitative estimate of drug-likeness (QED) is 0.605. The number of piperidine rings is 1. The third kappa shape index (κ3) is 2.90. The molecular formula is C27H28N2O3. The van der Waals surface area contributed by atoms with Crippen LogP contribution in [0.2, 0.25) is 0 Å². The summed E-state index contributed by atoms with van der Waals surface area (Å²) in [5, 5.41) is 10.9. The molecule has 0 spiro atoms. The van der Waals surface area contributed by atoms with Crippen LogP contribution in [0.1, 0.15) is 55.6 Å². The summed E-state index contributed by atoms with van der Waals surface area (Å²) in [5.41, 5.74) is 5.96. The molecule has 4 unspecified atom stereocenters. The van der Waals surface area contributed by atoms with Gasteiger partial charge in [0.05, 0.1) is 5.92 Å². The Labute approximate surface area is 187 Å². The van der Waals surface area contributed by atoms with E-state index < -0.39 is 5.97 Å². The van der Waals surface area contributed by atoms with Crippen LogP contribution in [0.4, 0.5) is 0 Å². The number of carboxylic acids is 1. The number of benzene rings is 2. The largest absolute Gasteiger partial charge is 0.481 e. The van der Waals surface area contributed by atoms with E-state index in [-0.39, 0.29) is 29.7 Å². The summed E-state index contributed by atoms with van der Waals surface area (Å²) in [6.07, 6.45) is 7.07. The number of rotatable bonds is 3. The van der Waals surface area contributed by atoms with Crippen LogP contribution in [-0.2, 0) is 9.59 Å². The number of hydrogen-bond donors (Lipinski definition) is 2. The fourth-order valence-corrected chi connectivity index (χ4v) is 6.71. The number of aliphatic carboxylic acids is 1. The van der Waals surface area contributed by atoms with Crippen LogP contribution < -0.4 is 0 Å². The lowest BCUT2D eigenvalue weighted by molar-refractivity contribution is -0.153. The molecule has 1 amide bonds. The fraction of sp³-hybridized carbons (Fsp3) is 0.407. The van der Waals surface area contributed by atoms with Crippen molar-refractivity contribution >= 4 is 22.8 Å². The lowest BCUT2D eigenvalue weighted by Crippen LogP contribution is -2.54. The smallest absolute Gasteiger partial charge is 0.306 e. The number of carboxylic acid groups (broad SMARTS) is 1. The Balaban J connectivity index is 1.35. The van der Waals surface area contributed by atoms with E-state index in [1.807, 2.05) is 4.90 Å². The van der Waals surface area contributed by atoms with Gasteiger partial charge in [0, 0.05) is 42.0 Å². The van der Waals surface area contributed by atoms with Crippen LogP contribution in [-0.4, -0.2) is 39.5 Å². The van der Waals surface area contributed by atoms with Crippen molar-refractivity contribution in [3.63, 3.8) is 0 Å². The molecule has 6 rings (SSSR count). The van der Waals surface area contributed by atoms with Crippen LogP contribution in [0, 0.1) is 11.8 Å². The maximum atomic E-state index is 13.7. The third-order valence-corrected chi connectivity index (χ3v) is 8.13. The van der Waals surface area contributed by atoms with Gasteiger partial charge in [-0.1, -0.05) is 49.2 Å². The first-order valence-electron chi connectivity index (χ1n) is 11.8. The predicted molar refractivity (Wildman–Crippen MR) is 123 cm³/mol. The van der Waals surface area contributed by atoms with Gasteiger partial charge in [-0.15, -0.1) is 0 Å². The molecule has 4 atom stereocenters. The van der Waals surface area contributed by atoms with Gasteiger partial charge in [0.2, 0.25) is 5.91 Å². The third-order valence-electron chi connectivity index (χ3n) is 8.13. The molecule has 5 nitrogen and oxygen atoms in total. The van der Waals surface area contributed by atoms with Crippen LogP contribution in [0.3, 0.4) is 0 Å². The summed E-state index contributed by atoms with van der Waals surface area (Å²) >= 11 is 0. The van der Waals surface area contributed by atoms with Crippen LogP contribution >= 0.6 is 0 Å². The van der Waals surface area contributed by atoms with E-state index in [9.17, 15) is 14.7 Å². The van der Waals surface area contributed by atoms with Gasteiger partial charge in [0.15, 0.2) is 0 Å². The first-order chi connectivity index (χ1) is 15.6. The lowest BCUT2D eigenvalue weighted by Gasteiger charge is -2.47. The zero-order valence-corrected chi connectivity index (χ0v) is 18.1. The highest BCUT2D eigenvalue weighted by Crippen LogP contribution is 2.47. The highest BCUT2D eigenvalue weighted by Gasteiger charge is 2.44. The van der Waals surface area contributed by atoms with E-state index in [0.717, 1.165) is 31.2 Å². The second-order valence-corrected chi connectivity index (χ2v) is 9.65. The highest BCUT2D eigenvalue weighted by atomic mass is 16.4. The number of aromatic nitrogens is 1. The summed E-state index contributed by atoms with van der Waals surface area (Å²) in [6, 6.07) is 14.9. The number of fused-ring (bicyclic) bond motifs is 3. The number of hydrogen-bond acceptors (Lipinski definition) is 2. The number of carbonyl (C=O) groups excluding carboxylic acids is 1. The molecule has 164 valence electrons. The van der Waals surface area contributed by atoms with E-state index in [4.69, 9.17) is 0 Å². The average molecular weight is 429 g/mol. The van der Waals surface area contributed by atoms with Crippen molar-refractivity contribution < 1.29 is 14.7 Å². The molecule has 1 saturated heterocycles. The molecular weight excluding hydrogens is 400 g/mol. The number of nitrogens with one attached hydrogen (secondary N) is 1. The Morgan fingerprint density at radius 1 is 0.969 bits per heavy atom. The number of nitrogens with zero attached hydrogens (tertiary/aromatic N) is 1. The van der Waals surface area contributed by atoms with Crippen molar-refractivity contribution in [3.8, 4) is 11.1 Å². The first-order valence-corrected chi connectivity index (χ1v) is 11.8. The zero-order valence-electron chi connectivity index (χ0n) is 18.1. The van der Waals surface area contributed by atoms with Gasteiger partial charge >= 0.3 is 5.97 Å². The monoisotopic (exact) mass is 428 g/mol. The minimum atomic E-state index is -0.693. The van der Waals surface area contributed by atoms with Gasteiger partial charge in [0.1, 0.15) is 0 Å². The highest BCUT2D eigenvalue weighted by molar-refractivity contribution is 6.02. The molecule has 2 N–H and O–H groups in total. The lowest BCUT2D eigenvalue weighted by atomic mass is 9.71. The van der Waals surface area contributed by atoms with E-state index in [1.165, 1.54) is 27.6 Å². The van der Waals surface area contributed by atoms with E-state index in [1.54, 1.807) is 0 Å². The number of carbonyl (C=O) groups is 2. The molecule has 2 heterocycles. The molecule has 5 heteroatoms. The molecule has 1 aliphatic heterocycles. The molecule has 1 aromatic heterocycles. The minimum absolute atomic E-state index is 0.0154. The summed E-state index contributed by atoms with van der Waals surface area (Å²) in [7, 11) is 0. The van der Waals surface area contributed by atoms with Crippen LogP contribution in [0.5, 0.6) is 0 Å². The number of amides is 1. The van der Waals surface area contributed by atoms with Gasteiger partial charge in [-0.2, -0.15) is 0 Å². The van der Waals surface area contributed by atoms with Gasteiger partial charge < -0.3 is 15.0 Å². The molecule has 1 saturated carbocycles. The first kappa shape index (κ1) is 19.6. The average Bonchev–Trinajstić information content (AvgIpc) is 3.26. The molecule has 2 aromatic carbocycles. The maximum Gasteiger partial charge on any atom is 0.306 e. The Hall–Kier alpha value is -3.08.